The minimum absolute atomic E-state index is 0.0110. The second-order valence-electron chi connectivity index (χ2n) is 3.84. The zero-order valence-corrected chi connectivity index (χ0v) is 11.3. The molecule has 1 unspecified atom stereocenters. The third-order valence-electron chi connectivity index (χ3n) is 2.52. The van der Waals surface area contributed by atoms with E-state index in [2.05, 4.69) is 10.3 Å². The topological polar surface area (TPSA) is 68.0 Å². The highest BCUT2D eigenvalue weighted by Crippen LogP contribution is 2.27. The molecule has 3 N–H and O–H groups in total. The lowest BCUT2D eigenvalue weighted by atomic mass is 10.1. The van der Waals surface area contributed by atoms with Gasteiger partial charge in [0.05, 0.1) is 28.0 Å². The minimum Gasteiger partial charge on any atom is -0.376 e. The number of primary amides is 1. The lowest BCUT2D eigenvalue weighted by Gasteiger charge is -2.15. The van der Waals surface area contributed by atoms with Crippen molar-refractivity contribution in [3.05, 3.63) is 45.4 Å². The Hall–Kier alpha value is -1.59. The number of halogens is 1. The first-order valence-electron chi connectivity index (χ1n) is 5.32. The van der Waals surface area contributed by atoms with Crippen LogP contribution in [0.5, 0.6) is 0 Å². The van der Waals surface area contributed by atoms with Gasteiger partial charge in [0.2, 0.25) is 5.91 Å². The first kappa shape index (κ1) is 12.9. The van der Waals surface area contributed by atoms with Gasteiger partial charge >= 0.3 is 0 Å². The fraction of sp³-hybridized carbons (Fsp3) is 0.167. The van der Waals surface area contributed by atoms with E-state index in [0.717, 1.165) is 5.69 Å². The summed E-state index contributed by atoms with van der Waals surface area (Å²) >= 11 is 7.61. The number of benzene rings is 1. The Morgan fingerprint density at radius 2 is 2.33 bits per heavy atom. The first-order valence-corrected chi connectivity index (χ1v) is 6.64. The number of nitrogens with zero attached hydrogens (tertiary/aromatic N) is 1. The third-order valence-corrected chi connectivity index (χ3v) is 3.45. The number of amides is 1. The van der Waals surface area contributed by atoms with Crippen LogP contribution in [0.1, 0.15) is 29.0 Å². The zero-order chi connectivity index (χ0) is 13.1. The fourth-order valence-electron chi connectivity index (χ4n) is 1.53. The molecule has 0 spiro atoms. The number of aromatic nitrogens is 1. The Morgan fingerprint density at radius 3 is 2.94 bits per heavy atom. The van der Waals surface area contributed by atoms with Crippen LogP contribution in [-0.4, -0.2) is 10.9 Å². The molecule has 2 rings (SSSR count). The van der Waals surface area contributed by atoms with E-state index in [1.165, 1.54) is 11.3 Å². The molecule has 0 aliphatic rings. The summed E-state index contributed by atoms with van der Waals surface area (Å²) in [5.41, 5.74) is 9.04. The van der Waals surface area contributed by atoms with Crippen LogP contribution in [0.2, 0.25) is 5.02 Å². The molecule has 0 aliphatic carbocycles. The highest BCUT2D eigenvalue weighted by molar-refractivity contribution is 7.07. The van der Waals surface area contributed by atoms with Crippen molar-refractivity contribution < 1.29 is 4.79 Å². The van der Waals surface area contributed by atoms with Crippen molar-refractivity contribution >= 4 is 34.5 Å². The van der Waals surface area contributed by atoms with Gasteiger partial charge in [0, 0.05) is 10.9 Å². The number of carbonyl (C=O) groups excluding carboxylic acids is 1. The van der Waals surface area contributed by atoms with Crippen LogP contribution in [0.4, 0.5) is 5.69 Å². The maximum atomic E-state index is 11.1. The SMILES string of the molecule is CC(Nc1cc(C(N)=O)ccc1Cl)c1cscn1. The van der Waals surface area contributed by atoms with Gasteiger partial charge in [-0.3, -0.25) is 4.79 Å². The van der Waals surface area contributed by atoms with E-state index in [1.807, 2.05) is 12.3 Å². The van der Waals surface area contributed by atoms with Gasteiger partial charge in [-0.2, -0.15) is 0 Å². The summed E-state index contributed by atoms with van der Waals surface area (Å²) in [7, 11) is 0. The highest BCUT2D eigenvalue weighted by Gasteiger charge is 2.11. The number of hydrogen-bond acceptors (Lipinski definition) is 4. The molecule has 6 heteroatoms. The van der Waals surface area contributed by atoms with E-state index in [0.29, 0.717) is 16.3 Å². The van der Waals surface area contributed by atoms with Crippen molar-refractivity contribution in [1.29, 1.82) is 0 Å². The predicted molar refractivity (Wildman–Crippen MR) is 74.1 cm³/mol. The fourth-order valence-corrected chi connectivity index (χ4v) is 2.35. The van der Waals surface area contributed by atoms with Gasteiger partial charge < -0.3 is 11.1 Å². The quantitative estimate of drug-likeness (QED) is 0.905. The molecule has 0 bridgehead atoms. The van der Waals surface area contributed by atoms with Crippen LogP contribution in [0.25, 0.3) is 0 Å². The molecule has 1 atom stereocenters. The van der Waals surface area contributed by atoms with E-state index in [9.17, 15) is 4.79 Å². The van der Waals surface area contributed by atoms with E-state index in [1.54, 1.807) is 23.7 Å². The molecule has 4 nitrogen and oxygen atoms in total. The summed E-state index contributed by atoms with van der Waals surface area (Å²) in [6, 6.07) is 4.91. The van der Waals surface area contributed by atoms with E-state index < -0.39 is 5.91 Å². The van der Waals surface area contributed by atoms with Crippen molar-refractivity contribution in [1.82, 2.24) is 4.98 Å². The Bertz CT molecular complexity index is 556. The first-order chi connectivity index (χ1) is 8.58. The van der Waals surface area contributed by atoms with Gasteiger partial charge in [-0.1, -0.05) is 11.6 Å². The second-order valence-corrected chi connectivity index (χ2v) is 4.96. The molecule has 1 aromatic carbocycles. The van der Waals surface area contributed by atoms with Crippen LogP contribution in [0, 0.1) is 0 Å². The summed E-state index contributed by atoms with van der Waals surface area (Å²) < 4.78 is 0. The van der Waals surface area contributed by atoms with Gasteiger partial charge in [0.1, 0.15) is 0 Å². The van der Waals surface area contributed by atoms with Crippen molar-refractivity contribution in [3.63, 3.8) is 0 Å². The van der Waals surface area contributed by atoms with Gasteiger partial charge in [-0.25, -0.2) is 4.98 Å². The lowest BCUT2D eigenvalue weighted by Crippen LogP contribution is -2.12. The predicted octanol–water partition coefficient (Wildman–Crippen LogP) is 3.07. The smallest absolute Gasteiger partial charge is 0.248 e. The Kier molecular flexibility index (Phi) is 3.84. The summed E-state index contributed by atoms with van der Waals surface area (Å²) in [5.74, 6) is -0.476. The Morgan fingerprint density at radius 1 is 1.56 bits per heavy atom. The van der Waals surface area contributed by atoms with E-state index in [-0.39, 0.29) is 6.04 Å². The van der Waals surface area contributed by atoms with Gasteiger partial charge in [0.25, 0.3) is 0 Å². The van der Waals surface area contributed by atoms with Gasteiger partial charge in [-0.15, -0.1) is 11.3 Å². The van der Waals surface area contributed by atoms with Crippen LogP contribution in [0.15, 0.2) is 29.1 Å². The van der Waals surface area contributed by atoms with Crippen LogP contribution in [-0.2, 0) is 0 Å². The number of nitrogens with one attached hydrogen (secondary N) is 1. The molecular weight excluding hydrogens is 270 g/mol. The number of anilines is 1. The minimum atomic E-state index is -0.476. The molecular formula is C12H12ClN3OS. The normalized spacial score (nSPS) is 12.1. The van der Waals surface area contributed by atoms with E-state index >= 15 is 0 Å². The van der Waals surface area contributed by atoms with Crippen molar-refractivity contribution in [3.8, 4) is 0 Å². The molecule has 18 heavy (non-hydrogen) atoms. The summed E-state index contributed by atoms with van der Waals surface area (Å²) in [6.45, 7) is 1.97. The molecule has 1 amide bonds. The molecule has 2 aromatic rings. The molecule has 1 aromatic heterocycles. The number of rotatable bonds is 4. The van der Waals surface area contributed by atoms with Crippen LogP contribution in [0.3, 0.4) is 0 Å². The average Bonchev–Trinajstić information content (AvgIpc) is 2.85. The number of nitrogens with two attached hydrogens (primary N) is 1. The zero-order valence-electron chi connectivity index (χ0n) is 9.68. The molecule has 0 aliphatic heterocycles. The van der Waals surface area contributed by atoms with Gasteiger partial charge in [-0.05, 0) is 25.1 Å². The van der Waals surface area contributed by atoms with Crippen molar-refractivity contribution in [2.75, 3.05) is 5.32 Å². The maximum absolute atomic E-state index is 11.1. The third kappa shape index (κ3) is 2.80. The molecule has 94 valence electrons. The average molecular weight is 282 g/mol. The van der Waals surface area contributed by atoms with Crippen LogP contribution < -0.4 is 11.1 Å². The monoisotopic (exact) mass is 281 g/mol. The largest absolute Gasteiger partial charge is 0.376 e. The van der Waals surface area contributed by atoms with Crippen molar-refractivity contribution in [2.24, 2.45) is 5.73 Å². The maximum Gasteiger partial charge on any atom is 0.248 e. The molecule has 0 fully saturated rings. The Balaban J connectivity index is 2.23. The highest BCUT2D eigenvalue weighted by atomic mass is 35.5. The summed E-state index contributed by atoms with van der Waals surface area (Å²) in [4.78, 5) is 15.3. The van der Waals surface area contributed by atoms with Crippen LogP contribution >= 0.6 is 22.9 Å². The number of carbonyl (C=O) groups is 1. The standard InChI is InChI=1S/C12H12ClN3OS/c1-7(11-5-18-6-15-11)16-10-4-8(12(14)17)2-3-9(10)13/h2-7,16H,1H3,(H2,14,17). The molecule has 0 saturated heterocycles. The molecule has 0 radical (unpaired) electrons. The van der Waals surface area contributed by atoms with E-state index in [4.69, 9.17) is 17.3 Å². The molecule has 1 heterocycles. The second kappa shape index (κ2) is 5.37. The Labute approximate surface area is 114 Å². The summed E-state index contributed by atoms with van der Waals surface area (Å²) in [5, 5.41) is 5.72. The lowest BCUT2D eigenvalue weighted by molar-refractivity contribution is 0.100. The summed E-state index contributed by atoms with van der Waals surface area (Å²) in [6.07, 6.45) is 0. The van der Waals surface area contributed by atoms with Gasteiger partial charge in [0.15, 0.2) is 0 Å². The number of thiazole rings is 1. The van der Waals surface area contributed by atoms with Crippen molar-refractivity contribution in [2.45, 2.75) is 13.0 Å². The molecule has 0 saturated carbocycles. The number of hydrogen-bond donors (Lipinski definition) is 2.